The molecule has 0 aromatic heterocycles. The molecule has 3 rings (SSSR count). The number of fused-ring (bicyclic) bond motifs is 1. The van der Waals surface area contributed by atoms with Crippen molar-refractivity contribution in [3.05, 3.63) is 53.8 Å². The third kappa shape index (κ3) is 2.94. The van der Waals surface area contributed by atoms with Gasteiger partial charge >= 0.3 is 0 Å². The first kappa shape index (κ1) is 14.5. The minimum absolute atomic E-state index is 0.0481. The molecule has 0 bridgehead atoms. The Bertz CT molecular complexity index is 822. The summed E-state index contributed by atoms with van der Waals surface area (Å²) in [4.78, 5) is 14.0. The van der Waals surface area contributed by atoms with Crippen molar-refractivity contribution in [3.63, 3.8) is 0 Å². The molecule has 1 N–H and O–H groups in total. The van der Waals surface area contributed by atoms with Crippen LogP contribution in [0.3, 0.4) is 0 Å². The van der Waals surface area contributed by atoms with Crippen LogP contribution < -0.4 is 5.32 Å². The van der Waals surface area contributed by atoms with Crippen molar-refractivity contribution in [1.82, 2.24) is 4.90 Å². The summed E-state index contributed by atoms with van der Waals surface area (Å²) in [5.41, 5.74) is 2.19. The smallest absolute Gasteiger partial charge is 0.257 e. The molecule has 2 heterocycles. The largest absolute Gasteiger partial charge is 0.330 e. The van der Waals surface area contributed by atoms with Gasteiger partial charge in [0, 0.05) is 18.4 Å². The highest BCUT2D eigenvalue weighted by molar-refractivity contribution is 7.90. The van der Waals surface area contributed by atoms with Crippen molar-refractivity contribution >= 4 is 27.5 Å². The first-order chi connectivity index (χ1) is 10.4. The Labute approximate surface area is 128 Å². The molecule has 0 atom stereocenters. The van der Waals surface area contributed by atoms with Crippen LogP contribution in [0.2, 0.25) is 0 Å². The number of para-hydroxylation sites is 1. The maximum atomic E-state index is 12.3. The molecule has 7 heteroatoms. The Kier molecular flexibility index (Phi) is 3.58. The van der Waals surface area contributed by atoms with Crippen LogP contribution in [0, 0.1) is 6.92 Å². The SMILES string of the molecule is Cc1ccccc1NC(=O)C1=CN2CCS(=O)(=O)N=C2C=C1. The molecule has 0 saturated carbocycles. The van der Waals surface area contributed by atoms with E-state index in [-0.39, 0.29) is 11.7 Å². The van der Waals surface area contributed by atoms with Gasteiger partial charge in [0.1, 0.15) is 5.84 Å². The van der Waals surface area contributed by atoms with Crippen LogP contribution in [0.15, 0.2) is 52.6 Å². The number of nitrogens with zero attached hydrogens (tertiary/aromatic N) is 2. The summed E-state index contributed by atoms with van der Waals surface area (Å²) in [6.07, 6.45) is 4.74. The van der Waals surface area contributed by atoms with Crippen molar-refractivity contribution in [2.75, 3.05) is 17.6 Å². The summed E-state index contributed by atoms with van der Waals surface area (Å²) in [6, 6.07) is 7.51. The lowest BCUT2D eigenvalue weighted by molar-refractivity contribution is -0.112. The Hall–Kier alpha value is -2.41. The van der Waals surface area contributed by atoms with E-state index in [0.29, 0.717) is 18.0 Å². The third-order valence-corrected chi connectivity index (χ3v) is 4.64. The number of nitrogens with one attached hydrogen (secondary N) is 1. The van der Waals surface area contributed by atoms with Gasteiger partial charge in [0.15, 0.2) is 0 Å². The predicted molar refractivity (Wildman–Crippen MR) is 85.0 cm³/mol. The molecule has 0 saturated heterocycles. The third-order valence-electron chi connectivity index (χ3n) is 3.48. The number of hydrogen-bond acceptors (Lipinski definition) is 4. The summed E-state index contributed by atoms with van der Waals surface area (Å²) in [5, 5.41) is 2.85. The quantitative estimate of drug-likeness (QED) is 0.895. The number of aryl methyl sites for hydroxylation is 1. The van der Waals surface area contributed by atoms with Crippen molar-refractivity contribution in [1.29, 1.82) is 0 Å². The van der Waals surface area contributed by atoms with Gasteiger partial charge in [0.2, 0.25) is 0 Å². The molecule has 0 aliphatic carbocycles. The summed E-state index contributed by atoms with van der Waals surface area (Å²) in [7, 11) is -3.38. The summed E-state index contributed by atoms with van der Waals surface area (Å²) < 4.78 is 26.6. The van der Waals surface area contributed by atoms with E-state index in [1.165, 1.54) is 0 Å². The number of carbonyl (C=O) groups is 1. The van der Waals surface area contributed by atoms with E-state index in [9.17, 15) is 13.2 Å². The number of sulfonamides is 1. The van der Waals surface area contributed by atoms with Gasteiger partial charge in [0.25, 0.3) is 15.9 Å². The van der Waals surface area contributed by atoms with Gasteiger partial charge in [-0.25, -0.2) is 8.42 Å². The monoisotopic (exact) mass is 317 g/mol. The lowest BCUT2D eigenvalue weighted by atomic mass is 10.1. The zero-order valence-corrected chi connectivity index (χ0v) is 12.8. The van der Waals surface area contributed by atoms with Gasteiger partial charge in [-0.2, -0.15) is 0 Å². The summed E-state index contributed by atoms with van der Waals surface area (Å²) in [6.45, 7) is 2.22. The van der Waals surface area contributed by atoms with Crippen LogP contribution in [0.4, 0.5) is 5.69 Å². The standard InChI is InChI=1S/C15H15N3O3S/c1-11-4-2-3-5-13(11)16-15(19)12-6-7-14-17-22(20,21)9-8-18(14)10-12/h2-7,10H,8-9H2,1H3,(H,16,19). The average molecular weight is 317 g/mol. The molecule has 22 heavy (non-hydrogen) atoms. The molecule has 1 aromatic rings. The zero-order chi connectivity index (χ0) is 15.7. The molecule has 1 amide bonds. The minimum Gasteiger partial charge on any atom is -0.330 e. The predicted octanol–water partition coefficient (Wildman–Crippen LogP) is 1.43. The lowest BCUT2D eigenvalue weighted by Gasteiger charge is -2.27. The number of anilines is 1. The Morgan fingerprint density at radius 1 is 1.27 bits per heavy atom. The van der Waals surface area contributed by atoms with Crippen molar-refractivity contribution < 1.29 is 13.2 Å². The molecule has 0 unspecified atom stereocenters. The fraction of sp³-hybridized carbons (Fsp3) is 0.200. The van der Waals surface area contributed by atoms with Crippen molar-refractivity contribution in [2.24, 2.45) is 4.40 Å². The number of amides is 1. The first-order valence-corrected chi connectivity index (χ1v) is 8.42. The molecule has 6 nitrogen and oxygen atoms in total. The van der Waals surface area contributed by atoms with Gasteiger partial charge in [-0.3, -0.25) is 4.79 Å². The highest BCUT2D eigenvalue weighted by Crippen LogP contribution is 2.18. The second kappa shape index (κ2) is 5.42. The van der Waals surface area contributed by atoms with E-state index in [1.807, 2.05) is 31.2 Å². The average Bonchev–Trinajstić information content (AvgIpc) is 2.48. The second-order valence-electron chi connectivity index (χ2n) is 5.12. The molecule has 2 aliphatic rings. The maximum absolute atomic E-state index is 12.3. The maximum Gasteiger partial charge on any atom is 0.257 e. The fourth-order valence-corrected chi connectivity index (χ4v) is 3.21. The second-order valence-corrected chi connectivity index (χ2v) is 6.87. The van der Waals surface area contributed by atoms with Crippen LogP contribution in [0.5, 0.6) is 0 Å². The highest BCUT2D eigenvalue weighted by Gasteiger charge is 2.25. The summed E-state index contributed by atoms with van der Waals surface area (Å²) >= 11 is 0. The number of amidine groups is 1. The van der Waals surface area contributed by atoms with Crippen LogP contribution in [-0.4, -0.2) is 37.4 Å². The molecule has 0 spiro atoms. The zero-order valence-electron chi connectivity index (χ0n) is 12.0. The van der Waals surface area contributed by atoms with E-state index in [1.54, 1.807) is 23.3 Å². The van der Waals surface area contributed by atoms with E-state index in [4.69, 9.17) is 0 Å². The highest BCUT2D eigenvalue weighted by atomic mass is 32.2. The van der Waals surface area contributed by atoms with Crippen molar-refractivity contribution in [2.45, 2.75) is 6.92 Å². The van der Waals surface area contributed by atoms with E-state index in [2.05, 4.69) is 9.71 Å². The van der Waals surface area contributed by atoms with Gasteiger partial charge < -0.3 is 10.2 Å². The van der Waals surface area contributed by atoms with Gasteiger partial charge in [-0.15, -0.1) is 4.40 Å². The number of benzene rings is 1. The molecule has 2 aliphatic heterocycles. The Morgan fingerprint density at radius 2 is 2.05 bits per heavy atom. The van der Waals surface area contributed by atoms with Gasteiger partial charge in [-0.1, -0.05) is 18.2 Å². The van der Waals surface area contributed by atoms with Gasteiger partial charge in [0.05, 0.1) is 11.3 Å². The number of rotatable bonds is 2. The van der Waals surface area contributed by atoms with E-state index < -0.39 is 10.0 Å². The normalized spacial score (nSPS) is 19.0. The fourth-order valence-electron chi connectivity index (χ4n) is 2.24. The molecule has 1 aromatic carbocycles. The first-order valence-electron chi connectivity index (χ1n) is 6.81. The van der Waals surface area contributed by atoms with Crippen molar-refractivity contribution in [3.8, 4) is 0 Å². The topological polar surface area (TPSA) is 78.8 Å². The van der Waals surface area contributed by atoms with E-state index in [0.717, 1.165) is 11.3 Å². The molecular formula is C15H15N3O3S. The van der Waals surface area contributed by atoms with Crippen LogP contribution >= 0.6 is 0 Å². The van der Waals surface area contributed by atoms with E-state index >= 15 is 0 Å². The molecular weight excluding hydrogens is 302 g/mol. The van der Waals surface area contributed by atoms with Gasteiger partial charge in [-0.05, 0) is 30.7 Å². The number of carbonyl (C=O) groups excluding carboxylic acids is 1. The van der Waals surface area contributed by atoms with Crippen LogP contribution in [-0.2, 0) is 14.8 Å². The molecule has 0 fully saturated rings. The minimum atomic E-state index is -3.38. The molecule has 114 valence electrons. The summed E-state index contributed by atoms with van der Waals surface area (Å²) in [5.74, 6) is 0.0600. The molecule has 0 radical (unpaired) electrons. The number of hydrogen-bond donors (Lipinski definition) is 1. The van der Waals surface area contributed by atoms with Crippen LogP contribution in [0.1, 0.15) is 5.56 Å². The Morgan fingerprint density at radius 3 is 2.82 bits per heavy atom. The Balaban J connectivity index is 1.80. The lowest BCUT2D eigenvalue weighted by Crippen LogP contribution is -2.37. The van der Waals surface area contributed by atoms with Crippen LogP contribution in [0.25, 0.3) is 0 Å².